The molecule has 6 heteroatoms. The zero-order valence-electron chi connectivity index (χ0n) is 12.3. The summed E-state index contributed by atoms with van der Waals surface area (Å²) in [5.41, 5.74) is 7.15. The molecule has 0 saturated carbocycles. The molecule has 1 aliphatic carbocycles. The molecule has 0 bridgehead atoms. The quantitative estimate of drug-likeness (QED) is 0.616. The van der Waals surface area contributed by atoms with Gasteiger partial charge in [0.1, 0.15) is 0 Å². The lowest BCUT2D eigenvalue weighted by atomic mass is 10.0. The van der Waals surface area contributed by atoms with E-state index in [9.17, 15) is 0 Å². The molecule has 1 heterocycles. The van der Waals surface area contributed by atoms with Crippen LogP contribution in [0.3, 0.4) is 0 Å². The third-order valence-electron chi connectivity index (χ3n) is 3.31. The first-order chi connectivity index (χ1) is 9.69. The van der Waals surface area contributed by atoms with E-state index in [2.05, 4.69) is 10.3 Å². The van der Waals surface area contributed by atoms with Crippen LogP contribution in [0.5, 0.6) is 0 Å². The molecule has 1 aliphatic rings. The first kappa shape index (κ1) is 15.3. The topological polar surface area (TPSA) is 72.5 Å². The zero-order chi connectivity index (χ0) is 14.4. The van der Waals surface area contributed by atoms with Crippen molar-refractivity contribution in [3.63, 3.8) is 0 Å². The Balaban J connectivity index is 1.78. The molecular formula is C14H24N4OS. The molecule has 3 N–H and O–H groups in total. The van der Waals surface area contributed by atoms with Gasteiger partial charge in [0.25, 0.3) is 0 Å². The molecule has 0 amide bonds. The number of aromatic nitrogens is 1. The number of rotatable bonds is 6. The Kier molecular flexibility index (Phi) is 5.79. The van der Waals surface area contributed by atoms with E-state index in [0.29, 0.717) is 19.1 Å². The van der Waals surface area contributed by atoms with E-state index in [4.69, 9.17) is 15.5 Å². The first-order valence-corrected chi connectivity index (χ1v) is 8.03. The van der Waals surface area contributed by atoms with Gasteiger partial charge in [0.2, 0.25) is 0 Å². The highest BCUT2D eigenvalue weighted by Crippen LogP contribution is 2.26. The molecule has 1 aromatic heterocycles. The van der Waals surface area contributed by atoms with Crippen LogP contribution in [0.25, 0.3) is 0 Å². The second kappa shape index (κ2) is 7.59. The highest BCUT2D eigenvalue weighted by Gasteiger charge is 2.14. The number of aryl methyl sites for hydroxylation is 2. The van der Waals surface area contributed by atoms with Crippen molar-refractivity contribution in [2.75, 3.05) is 20.3 Å². The van der Waals surface area contributed by atoms with E-state index in [1.165, 1.54) is 34.8 Å². The van der Waals surface area contributed by atoms with Gasteiger partial charge in [0.15, 0.2) is 5.96 Å². The molecule has 1 aromatic rings. The molecule has 0 fully saturated rings. The predicted molar refractivity (Wildman–Crippen MR) is 83.4 cm³/mol. The van der Waals surface area contributed by atoms with E-state index in [1.54, 1.807) is 7.11 Å². The summed E-state index contributed by atoms with van der Waals surface area (Å²) in [7, 11) is 1.68. The fourth-order valence-electron chi connectivity index (χ4n) is 2.37. The number of guanidine groups is 1. The van der Waals surface area contributed by atoms with E-state index in [-0.39, 0.29) is 6.04 Å². The lowest BCUT2D eigenvalue weighted by Gasteiger charge is -2.12. The van der Waals surface area contributed by atoms with Crippen molar-refractivity contribution < 1.29 is 4.74 Å². The minimum absolute atomic E-state index is 0.177. The fourth-order valence-corrected chi connectivity index (χ4v) is 3.52. The highest BCUT2D eigenvalue weighted by molar-refractivity contribution is 7.11. The van der Waals surface area contributed by atoms with Crippen molar-refractivity contribution in [3.8, 4) is 0 Å². The summed E-state index contributed by atoms with van der Waals surface area (Å²) in [6, 6.07) is 0.177. The van der Waals surface area contributed by atoms with Crippen molar-refractivity contribution in [1.29, 1.82) is 0 Å². The maximum absolute atomic E-state index is 5.83. The van der Waals surface area contributed by atoms with Crippen molar-refractivity contribution in [2.24, 2.45) is 10.7 Å². The van der Waals surface area contributed by atoms with E-state index in [1.807, 2.05) is 18.3 Å². The molecule has 0 saturated heterocycles. The van der Waals surface area contributed by atoms with Crippen LogP contribution in [0, 0.1) is 0 Å². The van der Waals surface area contributed by atoms with Gasteiger partial charge in [-0.2, -0.15) is 0 Å². The zero-order valence-corrected chi connectivity index (χ0v) is 13.1. The Morgan fingerprint density at radius 1 is 1.50 bits per heavy atom. The number of aliphatic imine (C=N–C) groups is 1. The van der Waals surface area contributed by atoms with Gasteiger partial charge in [-0.1, -0.05) is 0 Å². The van der Waals surface area contributed by atoms with Gasteiger partial charge in [0.05, 0.1) is 17.3 Å². The minimum atomic E-state index is 0.177. The second-order valence-electron chi connectivity index (χ2n) is 5.20. The summed E-state index contributed by atoms with van der Waals surface area (Å²) in [5, 5.41) is 4.29. The summed E-state index contributed by atoms with van der Waals surface area (Å²) in [6.07, 6.45) is 5.81. The maximum atomic E-state index is 5.83. The van der Waals surface area contributed by atoms with Gasteiger partial charge in [-0.15, -0.1) is 11.3 Å². The Morgan fingerprint density at radius 2 is 2.30 bits per heavy atom. The number of nitrogens with zero attached hydrogens (tertiary/aromatic N) is 2. The van der Waals surface area contributed by atoms with E-state index < -0.39 is 0 Å². The third kappa shape index (κ3) is 4.45. The second-order valence-corrected chi connectivity index (χ2v) is 6.37. The van der Waals surface area contributed by atoms with Gasteiger partial charge in [-0.25, -0.2) is 4.98 Å². The molecule has 0 aliphatic heterocycles. The number of nitrogens with two attached hydrogens (primary N) is 1. The first-order valence-electron chi connectivity index (χ1n) is 7.22. The Morgan fingerprint density at radius 3 is 3.05 bits per heavy atom. The van der Waals surface area contributed by atoms with E-state index >= 15 is 0 Å². The average molecular weight is 296 g/mol. The number of fused-ring (bicyclic) bond motifs is 1. The summed E-state index contributed by atoms with van der Waals surface area (Å²) in [4.78, 5) is 10.5. The number of hydrogen-bond acceptors (Lipinski definition) is 4. The summed E-state index contributed by atoms with van der Waals surface area (Å²) in [6.45, 7) is 3.32. The minimum Gasteiger partial charge on any atom is -0.383 e. The summed E-state index contributed by atoms with van der Waals surface area (Å²) < 4.78 is 5.04. The fraction of sp³-hybridized carbons (Fsp3) is 0.714. The normalized spacial score (nSPS) is 16.8. The number of ether oxygens (including phenoxy) is 1. The Labute approximate surface area is 124 Å². The molecular weight excluding hydrogens is 272 g/mol. The van der Waals surface area contributed by atoms with Crippen molar-refractivity contribution in [2.45, 2.75) is 45.1 Å². The maximum Gasteiger partial charge on any atom is 0.188 e. The monoisotopic (exact) mass is 296 g/mol. The Bertz CT molecular complexity index is 435. The van der Waals surface area contributed by atoms with E-state index in [0.717, 1.165) is 12.8 Å². The third-order valence-corrected chi connectivity index (χ3v) is 4.53. The number of methoxy groups -OCH3 is 1. The largest absolute Gasteiger partial charge is 0.383 e. The van der Waals surface area contributed by atoms with Crippen LogP contribution < -0.4 is 11.1 Å². The number of hydrogen-bond donors (Lipinski definition) is 2. The van der Waals surface area contributed by atoms with Crippen LogP contribution in [-0.4, -0.2) is 37.2 Å². The summed E-state index contributed by atoms with van der Waals surface area (Å²) >= 11 is 1.85. The van der Waals surface area contributed by atoms with Gasteiger partial charge in [-0.05, 0) is 32.6 Å². The molecule has 0 spiro atoms. The van der Waals surface area contributed by atoms with Crippen molar-refractivity contribution in [3.05, 3.63) is 15.6 Å². The molecule has 20 heavy (non-hydrogen) atoms. The SMILES string of the molecule is COCC(C)NC(N)=NCCc1nc2c(s1)CCCC2. The van der Waals surface area contributed by atoms with Crippen LogP contribution in [0.1, 0.15) is 35.3 Å². The molecule has 2 rings (SSSR count). The molecule has 0 aromatic carbocycles. The van der Waals surface area contributed by atoms with Crippen molar-refractivity contribution >= 4 is 17.3 Å². The lowest BCUT2D eigenvalue weighted by molar-refractivity contribution is 0.179. The standard InChI is InChI=1S/C14H24N4OS/c1-10(9-19-2)17-14(15)16-8-7-13-18-11-5-3-4-6-12(11)20-13/h10H,3-9H2,1-2H3,(H3,15,16,17). The van der Waals surface area contributed by atoms with Gasteiger partial charge >= 0.3 is 0 Å². The lowest BCUT2D eigenvalue weighted by Crippen LogP contribution is -2.40. The molecule has 0 radical (unpaired) electrons. The molecule has 1 atom stereocenters. The number of nitrogens with one attached hydrogen (secondary N) is 1. The molecule has 5 nitrogen and oxygen atoms in total. The van der Waals surface area contributed by atoms with Crippen LogP contribution in [0.2, 0.25) is 0 Å². The van der Waals surface area contributed by atoms with Gasteiger partial charge < -0.3 is 15.8 Å². The molecule has 1 unspecified atom stereocenters. The van der Waals surface area contributed by atoms with Gasteiger partial charge in [0, 0.05) is 31.0 Å². The number of thiazole rings is 1. The van der Waals surface area contributed by atoms with Crippen LogP contribution in [0.15, 0.2) is 4.99 Å². The average Bonchev–Trinajstić information content (AvgIpc) is 2.81. The smallest absolute Gasteiger partial charge is 0.188 e. The van der Waals surface area contributed by atoms with Crippen molar-refractivity contribution in [1.82, 2.24) is 10.3 Å². The van der Waals surface area contributed by atoms with Crippen LogP contribution >= 0.6 is 11.3 Å². The highest BCUT2D eigenvalue weighted by atomic mass is 32.1. The summed E-state index contributed by atoms with van der Waals surface area (Å²) in [5.74, 6) is 0.482. The van der Waals surface area contributed by atoms with Crippen LogP contribution in [-0.2, 0) is 24.0 Å². The van der Waals surface area contributed by atoms with Gasteiger partial charge in [-0.3, -0.25) is 4.99 Å². The molecule has 112 valence electrons. The predicted octanol–water partition coefficient (Wildman–Crippen LogP) is 1.50. The Hall–Kier alpha value is -1.14. The van der Waals surface area contributed by atoms with Crippen LogP contribution in [0.4, 0.5) is 0 Å².